The Morgan fingerprint density at radius 1 is 1.33 bits per heavy atom. The Morgan fingerprint density at radius 3 is 2.43 bits per heavy atom. The number of nitrogens with zero attached hydrogens (tertiary/aromatic N) is 1. The van der Waals surface area contributed by atoms with Crippen LogP contribution >= 0.6 is 15.9 Å². The summed E-state index contributed by atoms with van der Waals surface area (Å²) in [4.78, 5) is 19.8. The number of benzene rings is 1. The number of hydrogen-bond donors (Lipinski definition) is 0. The molecule has 0 spiro atoms. The molecule has 1 heterocycles. The molecule has 0 aliphatic carbocycles. The Labute approximate surface area is 213 Å². The summed E-state index contributed by atoms with van der Waals surface area (Å²) in [5, 5.41) is 21.0. The molecule has 1 aromatic carbocycles. The van der Waals surface area contributed by atoms with Gasteiger partial charge in [-0.2, -0.15) is 0 Å². The van der Waals surface area contributed by atoms with E-state index in [1.165, 1.54) is 0 Å². The predicted octanol–water partition coefficient (Wildman–Crippen LogP) is -5.67. The van der Waals surface area contributed by atoms with Crippen molar-refractivity contribution in [1.29, 1.82) is 0 Å². The monoisotopic (exact) mass is 407 g/mol. The van der Waals surface area contributed by atoms with Gasteiger partial charge in [0.2, 0.25) is 0 Å². The predicted molar refractivity (Wildman–Crippen MR) is 63.1 cm³/mol. The topological polar surface area (TPSA) is 116 Å². The van der Waals surface area contributed by atoms with E-state index in [0.29, 0.717) is 17.6 Å². The van der Waals surface area contributed by atoms with E-state index < -0.39 is 12.1 Å². The molecule has 7 nitrogen and oxygen atoms in total. The molecule has 0 N–H and O–H groups in total. The summed E-state index contributed by atoms with van der Waals surface area (Å²) in [6, 6.07) is 5.34. The van der Waals surface area contributed by atoms with Crippen LogP contribution in [0.25, 0.3) is 11.0 Å². The van der Waals surface area contributed by atoms with Crippen molar-refractivity contribution in [1.82, 2.24) is 5.16 Å². The van der Waals surface area contributed by atoms with Crippen molar-refractivity contribution in [2.75, 3.05) is 6.61 Å². The molecule has 0 saturated heterocycles. The van der Waals surface area contributed by atoms with Gasteiger partial charge in [0.05, 0.1) is 12.0 Å². The third-order valence-corrected chi connectivity index (χ3v) is 2.40. The van der Waals surface area contributed by atoms with Gasteiger partial charge >= 0.3 is 109 Å². The first kappa shape index (κ1) is 24.4. The second kappa shape index (κ2) is 12.6. The number of carbonyl (C=O) groups excluding carboxylic acids is 2. The summed E-state index contributed by atoms with van der Waals surface area (Å²) in [5.74, 6) is -0.460. The maximum atomic E-state index is 11.4. The average molecular weight is 408 g/mol. The number of aromatic nitrogens is 1. The van der Waals surface area contributed by atoms with Gasteiger partial charge in [0.15, 0.2) is 11.3 Å². The first-order valence-corrected chi connectivity index (χ1v) is 5.85. The van der Waals surface area contributed by atoms with E-state index in [2.05, 4.69) is 21.1 Å². The van der Waals surface area contributed by atoms with Gasteiger partial charge < -0.3 is 24.3 Å². The second-order valence-corrected chi connectivity index (χ2v) is 4.06. The molecule has 0 saturated carbocycles. The van der Waals surface area contributed by atoms with Crippen LogP contribution in [0.4, 0.5) is 4.79 Å². The van der Waals surface area contributed by atoms with Crippen LogP contribution in [-0.2, 0) is 4.74 Å². The van der Waals surface area contributed by atoms with Crippen LogP contribution in [-0.4, -0.2) is 23.9 Å². The number of ether oxygens (including phenoxy) is 1. The van der Waals surface area contributed by atoms with Crippen LogP contribution < -0.4 is 113 Å². The Kier molecular flexibility index (Phi) is 14.6. The van der Waals surface area contributed by atoms with Crippen LogP contribution in [0, 0.1) is 0 Å². The van der Waals surface area contributed by atoms with E-state index in [1.807, 2.05) is 6.07 Å². The van der Waals surface area contributed by atoms with Crippen LogP contribution in [0.1, 0.15) is 17.4 Å². The SMILES string of the molecule is CCOC(=O)c1noc2cc(Br)ccc12.O=C([O-])[O-].[K+].[K+]. The van der Waals surface area contributed by atoms with Gasteiger partial charge in [-0.3, -0.25) is 0 Å². The van der Waals surface area contributed by atoms with Crippen molar-refractivity contribution in [3.05, 3.63) is 28.4 Å². The van der Waals surface area contributed by atoms with Crippen molar-refractivity contribution in [2.24, 2.45) is 0 Å². The Hall–Kier alpha value is 1.18. The molecule has 0 amide bonds. The number of rotatable bonds is 2. The molecule has 0 bridgehead atoms. The Balaban J connectivity index is 0. The smallest absolute Gasteiger partial charge is 0.652 e. The molecule has 0 aliphatic rings. The first-order chi connectivity index (χ1) is 8.95. The fourth-order valence-electron chi connectivity index (χ4n) is 1.26. The van der Waals surface area contributed by atoms with Gasteiger partial charge in [-0.05, 0) is 31.3 Å². The molecule has 0 atom stereocenters. The quantitative estimate of drug-likeness (QED) is 0.359. The molecule has 2 aromatic rings. The number of halogens is 1. The number of carbonyl (C=O) groups is 2. The third-order valence-electron chi connectivity index (χ3n) is 1.90. The van der Waals surface area contributed by atoms with Crippen molar-refractivity contribution in [3.8, 4) is 0 Å². The van der Waals surface area contributed by atoms with Crippen molar-refractivity contribution < 1.29 is 132 Å². The Morgan fingerprint density at radius 2 is 1.90 bits per heavy atom. The van der Waals surface area contributed by atoms with Crippen LogP contribution in [0.5, 0.6) is 0 Å². The number of fused-ring (bicyclic) bond motifs is 1. The minimum Gasteiger partial charge on any atom is -0.652 e. The maximum absolute atomic E-state index is 11.4. The van der Waals surface area contributed by atoms with Crippen LogP contribution in [0.3, 0.4) is 0 Å². The normalized spacial score (nSPS) is 8.67. The summed E-state index contributed by atoms with van der Waals surface area (Å²) in [6.07, 6.45) is -2.33. The zero-order valence-electron chi connectivity index (χ0n) is 11.7. The number of carboxylic acid groups (broad SMARTS) is 2. The van der Waals surface area contributed by atoms with E-state index in [9.17, 15) is 4.79 Å². The summed E-state index contributed by atoms with van der Waals surface area (Å²) in [5.41, 5.74) is 0.784. The molecule has 0 radical (unpaired) electrons. The van der Waals surface area contributed by atoms with Gasteiger partial charge in [-0.25, -0.2) is 4.79 Å². The molecular weight excluding hydrogens is 400 g/mol. The van der Waals surface area contributed by atoms with Crippen molar-refractivity contribution in [3.63, 3.8) is 0 Å². The molecule has 10 heteroatoms. The fraction of sp³-hybridized carbons (Fsp3) is 0.182. The minimum atomic E-state index is -2.33. The standard InChI is InChI=1S/C10H8BrNO3.CH2O3.2K/c1-2-14-10(13)9-7-4-3-6(11)5-8(7)15-12-9;2-1(3)4;;/h3-5H,2H2,1H3;(H2,2,3,4);;/q;;2*+1/p-2. The fourth-order valence-corrected chi connectivity index (χ4v) is 1.60. The molecule has 21 heavy (non-hydrogen) atoms. The van der Waals surface area contributed by atoms with E-state index in [4.69, 9.17) is 24.3 Å². The number of hydrogen-bond acceptors (Lipinski definition) is 7. The maximum Gasteiger partial charge on any atom is 1.00 e. The average Bonchev–Trinajstić information content (AvgIpc) is 2.71. The van der Waals surface area contributed by atoms with Crippen LogP contribution in [0.15, 0.2) is 27.2 Å². The van der Waals surface area contributed by atoms with E-state index in [-0.39, 0.29) is 108 Å². The van der Waals surface area contributed by atoms with Gasteiger partial charge in [-0.1, -0.05) is 21.1 Å². The van der Waals surface area contributed by atoms with E-state index in [0.717, 1.165) is 4.47 Å². The first-order valence-electron chi connectivity index (χ1n) is 5.05. The molecule has 0 fully saturated rings. The van der Waals surface area contributed by atoms with Crippen molar-refractivity contribution in [2.45, 2.75) is 6.92 Å². The summed E-state index contributed by atoms with van der Waals surface area (Å²) in [7, 11) is 0. The van der Waals surface area contributed by atoms with Crippen molar-refractivity contribution >= 4 is 39.0 Å². The second-order valence-electron chi connectivity index (χ2n) is 3.14. The summed E-state index contributed by atoms with van der Waals surface area (Å²) in [6.45, 7) is 2.07. The van der Waals surface area contributed by atoms with E-state index >= 15 is 0 Å². The molecular formula is C11H8BrK2NO6. The summed E-state index contributed by atoms with van der Waals surface area (Å²) >= 11 is 3.31. The largest absolute Gasteiger partial charge is 1.00 e. The summed E-state index contributed by atoms with van der Waals surface area (Å²) < 4.78 is 10.7. The molecule has 1 aromatic heterocycles. The molecule has 0 unspecified atom stereocenters. The number of esters is 1. The van der Waals surface area contributed by atoms with Gasteiger partial charge in [0, 0.05) is 4.47 Å². The third kappa shape index (κ3) is 8.56. The molecule has 0 aliphatic heterocycles. The zero-order valence-corrected chi connectivity index (χ0v) is 19.5. The van der Waals surface area contributed by atoms with Gasteiger partial charge in [0.1, 0.15) is 0 Å². The van der Waals surface area contributed by atoms with E-state index in [1.54, 1.807) is 19.1 Å². The van der Waals surface area contributed by atoms with Crippen LogP contribution in [0.2, 0.25) is 0 Å². The zero-order chi connectivity index (χ0) is 14.4. The molecule has 2 rings (SSSR count). The van der Waals surface area contributed by atoms with Gasteiger partial charge in [0.25, 0.3) is 0 Å². The Bertz CT molecular complexity index is 599. The molecule has 102 valence electrons. The minimum absolute atomic E-state index is 0. The van der Waals surface area contributed by atoms with Gasteiger partial charge in [-0.15, -0.1) is 0 Å².